The molecule has 0 saturated heterocycles. The molecule has 0 unspecified atom stereocenters. The van der Waals surface area contributed by atoms with E-state index < -0.39 is 11.9 Å². The molecule has 2 aromatic carbocycles. The number of nitrogens with one attached hydrogen (secondary N) is 1. The van der Waals surface area contributed by atoms with Crippen LogP contribution in [0.1, 0.15) is 55.7 Å². The van der Waals surface area contributed by atoms with Crippen LogP contribution < -0.4 is 5.32 Å². The Kier molecular flexibility index (Phi) is 8.08. The first-order chi connectivity index (χ1) is 14.8. The average Bonchev–Trinajstić information content (AvgIpc) is 2.75. The number of amides is 2. The van der Waals surface area contributed by atoms with Crippen molar-refractivity contribution in [3.63, 3.8) is 0 Å². The van der Waals surface area contributed by atoms with Gasteiger partial charge in [-0.25, -0.2) is 4.39 Å². The number of carbonyl (C=O) groups is 2. The van der Waals surface area contributed by atoms with Crippen molar-refractivity contribution in [1.82, 2.24) is 10.2 Å². The van der Waals surface area contributed by atoms with Crippen molar-refractivity contribution in [2.45, 2.75) is 71.0 Å². The topological polar surface area (TPSA) is 49.4 Å². The van der Waals surface area contributed by atoms with E-state index >= 15 is 0 Å². The molecule has 0 aromatic heterocycles. The molecule has 2 amide bonds. The highest BCUT2D eigenvalue weighted by atomic mass is 35.5. The third kappa shape index (κ3) is 6.30. The quantitative estimate of drug-likeness (QED) is 0.638. The van der Waals surface area contributed by atoms with Crippen LogP contribution in [-0.2, 0) is 22.6 Å². The fourth-order valence-corrected chi connectivity index (χ4v) is 4.34. The molecule has 6 heteroatoms. The van der Waals surface area contributed by atoms with Gasteiger partial charge < -0.3 is 10.2 Å². The summed E-state index contributed by atoms with van der Waals surface area (Å²) < 4.78 is 14.3. The number of halogens is 2. The van der Waals surface area contributed by atoms with Gasteiger partial charge in [-0.2, -0.15) is 0 Å². The average molecular weight is 445 g/mol. The maximum absolute atomic E-state index is 14.3. The molecule has 31 heavy (non-hydrogen) atoms. The molecule has 0 spiro atoms. The van der Waals surface area contributed by atoms with Gasteiger partial charge in [-0.1, -0.05) is 66.8 Å². The minimum Gasteiger partial charge on any atom is -0.352 e. The largest absolute Gasteiger partial charge is 0.352 e. The number of hydrogen-bond acceptors (Lipinski definition) is 2. The van der Waals surface area contributed by atoms with Crippen molar-refractivity contribution in [3.05, 3.63) is 70.0 Å². The summed E-state index contributed by atoms with van der Waals surface area (Å²) in [6, 6.07) is 11.7. The minimum absolute atomic E-state index is 0.153. The van der Waals surface area contributed by atoms with E-state index in [0.29, 0.717) is 0 Å². The summed E-state index contributed by atoms with van der Waals surface area (Å²) >= 11 is 6.14. The lowest BCUT2D eigenvalue weighted by atomic mass is 9.95. The molecule has 0 radical (unpaired) electrons. The Morgan fingerprint density at radius 2 is 1.87 bits per heavy atom. The van der Waals surface area contributed by atoms with Crippen molar-refractivity contribution in [2.75, 3.05) is 0 Å². The summed E-state index contributed by atoms with van der Waals surface area (Å²) in [4.78, 5) is 27.8. The van der Waals surface area contributed by atoms with Crippen molar-refractivity contribution in [1.29, 1.82) is 0 Å². The van der Waals surface area contributed by atoms with Gasteiger partial charge >= 0.3 is 0 Å². The second-order valence-electron chi connectivity index (χ2n) is 8.41. The fraction of sp³-hybridized carbons (Fsp3) is 0.440. The van der Waals surface area contributed by atoms with E-state index in [1.807, 2.05) is 31.2 Å². The van der Waals surface area contributed by atoms with E-state index in [1.54, 1.807) is 13.0 Å². The molecule has 1 atom stereocenters. The van der Waals surface area contributed by atoms with Crippen LogP contribution in [0.5, 0.6) is 0 Å². The minimum atomic E-state index is -0.680. The molecular weight excluding hydrogens is 415 g/mol. The third-order valence-electron chi connectivity index (χ3n) is 5.94. The first-order valence-corrected chi connectivity index (χ1v) is 11.3. The zero-order chi connectivity index (χ0) is 22.4. The molecule has 2 aromatic rings. The lowest BCUT2D eigenvalue weighted by Gasteiger charge is -2.31. The van der Waals surface area contributed by atoms with Crippen molar-refractivity contribution < 1.29 is 14.0 Å². The molecule has 1 aliphatic carbocycles. The lowest BCUT2D eigenvalue weighted by Crippen LogP contribution is -2.50. The summed E-state index contributed by atoms with van der Waals surface area (Å²) in [5.74, 6) is -1.03. The zero-order valence-corrected chi connectivity index (χ0v) is 18.9. The predicted octanol–water partition coefficient (Wildman–Crippen LogP) is 5.20. The van der Waals surface area contributed by atoms with E-state index in [2.05, 4.69) is 5.32 Å². The van der Waals surface area contributed by atoms with Crippen LogP contribution >= 0.6 is 11.6 Å². The monoisotopic (exact) mass is 444 g/mol. The van der Waals surface area contributed by atoms with E-state index in [1.165, 1.54) is 23.5 Å². The van der Waals surface area contributed by atoms with Gasteiger partial charge in [-0.15, -0.1) is 0 Å². The molecule has 0 aliphatic heterocycles. The molecule has 0 heterocycles. The van der Waals surface area contributed by atoms with Crippen LogP contribution in [-0.4, -0.2) is 28.8 Å². The molecule has 4 nitrogen and oxygen atoms in total. The van der Waals surface area contributed by atoms with Gasteiger partial charge in [0.2, 0.25) is 11.8 Å². The summed E-state index contributed by atoms with van der Waals surface area (Å²) in [7, 11) is 0. The van der Waals surface area contributed by atoms with E-state index in [-0.39, 0.29) is 41.4 Å². The van der Waals surface area contributed by atoms with Crippen LogP contribution in [0.2, 0.25) is 5.02 Å². The van der Waals surface area contributed by atoms with Gasteiger partial charge in [0.25, 0.3) is 0 Å². The van der Waals surface area contributed by atoms with Crippen LogP contribution in [0.3, 0.4) is 0 Å². The van der Waals surface area contributed by atoms with Crippen LogP contribution in [0.15, 0.2) is 42.5 Å². The first-order valence-electron chi connectivity index (χ1n) is 10.9. The summed E-state index contributed by atoms with van der Waals surface area (Å²) in [6.45, 7) is 3.98. The number of aryl methyl sites for hydroxylation is 1. The number of carbonyl (C=O) groups excluding carboxylic acids is 2. The molecule has 1 saturated carbocycles. The molecule has 1 aliphatic rings. The third-order valence-corrected chi connectivity index (χ3v) is 6.30. The maximum atomic E-state index is 14.3. The van der Waals surface area contributed by atoms with Crippen molar-refractivity contribution in [2.24, 2.45) is 0 Å². The second-order valence-corrected chi connectivity index (χ2v) is 8.81. The van der Waals surface area contributed by atoms with Gasteiger partial charge in [0.1, 0.15) is 11.9 Å². The van der Waals surface area contributed by atoms with E-state index in [4.69, 9.17) is 11.6 Å². The first kappa shape index (κ1) is 23.3. The number of benzene rings is 2. The summed E-state index contributed by atoms with van der Waals surface area (Å²) in [5, 5.41) is 3.32. The Morgan fingerprint density at radius 3 is 2.55 bits per heavy atom. The Balaban J connectivity index is 1.80. The highest BCUT2D eigenvalue weighted by Crippen LogP contribution is 2.22. The van der Waals surface area contributed by atoms with Gasteiger partial charge in [0.05, 0.1) is 6.42 Å². The Morgan fingerprint density at radius 1 is 1.16 bits per heavy atom. The highest BCUT2D eigenvalue weighted by molar-refractivity contribution is 6.31. The maximum Gasteiger partial charge on any atom is 0.242 e. The molecule has 0 bridgehead atoms. The zero-order valence-electron chi connectivity index (χ0n) is 18.2. The van der Waals surface area contributed by atoms with Gasteiger partial charge in [-0.3, -0.25) is 9.59 Å². The molecule has 166 valence electrons. The SMILES string of the molecule is Cc1cccc(CN(C(=O)Cc2c(F)cccc2Cl)[C@@H](C)C(=O)NC2CCCCC2)c1. The van der Waals surface area contributed by atoms with Gasteiger partial charge in [0, 0.05) is 23.2 Å². The number of hydrogen-bond donors (Lipinski definition) is 1. The molecule has 3 rings (SSSR count). The summed E-state index contributed by atoms with van der Waals surface area (Å²) in [5.41, 5.74) is 2.15. The van der Waals surface area contributed by atoms with Gasteiger partial charge in [0.15, 0.2) is 0 Å². The van der Waals surface area contributed by atoms with Crippen LogP contribution in [0, 0.1) is 12.7 Å². The fourth-order valence-electron chi connectivity index (χ4n) is 4.11. The van der Waals surface area contributed by atoms with Crippen molar-refractivity contribution in [3.8, 4) is 0 Å². The van der Waals surface area contributed by atoms with Crippen molar-refractivity contribution >= 4 is 23.4 Å². The predicted molar refractivity (Wildman–Crippen MR) is 121 cm³/mol. The second kappa shape index (κ2) is 10.8. The Bertz CT molecular complexity index is 907. The van der Waals surface area contributed by atoms with E-state index in [9.17, 15) is 14.0 Å². The molecule has 1 N–H and O–H groups in total. The van der Waals surface area contributed by atoms with E-state index in [0.717, 1.165) is 36.8 Å². The smallest absolute Gasteiger partial charge is 0.242 e. The molecule has 1 fully saturated rings. The molecular formula is C25H30ClFN2O2. The number of rotatable bonds is 7. The Hall–Kier alpha value is -2.40. The Labute approximate surface area is 188 Å². The normalized spacial score (nSPS) is 15.4. The number of nitrogens with zero attached hydrogens (tertiary/aromatic N) is 1. The summed E-state index contributed by atoms with van der Waals surface area (Å²) in [6.07, 6.45) is 5.15. The van der Waals surface area contributed by atoms with Crippen LogP contribution in [0.25, 0.3) is 0 Å². The lowest BCUT2D eigenvalue weighted by molar-refractivity contribution is -0.140. The van der Waals surface area contributed by atoms with Gasteiger partial charge in [-0.05, 0) is 44.4 Å². The highest BCUT2D eigenvalue weighted by Gasteiger charge is 2.29. The standard InChI is InChI=1S/C25H30ClFN2O2/c1-17-8-6-9-19(14-17)16-29(18(2)25(31)28-20-10-4-3-5-11-20)24(30)15-21-22(26)12-7-13-23(21)27/h6-9,12-14,18,20H,3-5,10-11,15-16H2,1-2H3,(H,28,31)/t18-/m0/s1. The van der Waals surface area contributed by atoms with Crippen LogP contribution in [0.4, 0.5) is 4.39 Å².